The van der Waals surface area contributed by atoms with Crippen LogP contribution in [0, 0.1) is 6.92 Å². The number of methoxy groups -OCH3 is 2. The summed E-state index contributed by atoms with van der Waals surface area (Å²) in [5.41, 5.74) is 3.07. The minimum atomic E-state index is -0.657. The minimum Gasteiger partial charge on any atom is -0.465 e. The van der Waals surface area contributed by atoms with Gasteiger partial charge in [-0.05, 0) is 43.3 Å². The summed E-state index contributed by atoms with van der Waals surface area (Å²) in [4.78, 5) is 46.2. The Labute approximate surface area is 213 Å². The predicted molar refractivity (Wildman–Crippen MR) is 139 cm³/mol. The zero-order valence-corrected chi connectivity index (χ0v) is 20.4. The van der Waals surface area contributed by atoms with Gasteiger partial charge in [0.05, 0.1) is 36.7 Å². The molecule has 9 nitrogen and oxygen atoms in total. The summed E-state index contributed by atoms with van der Waals surface area (Å²) in [5, 5.41) is 5.91. The van der Waals surface area contributed by atoms with E-state index in [1.165, 1.54) is 32.4 Å². The van der Waals surface area contributed by atoms with E-state index in [1.54, 1.807) is 24.3 Å². The van der Waals surface area contributed by atoms with E-state index < -0.39 is 17.8 Å². The first-order valence-corrected chi connectivity index (χ1v) is 11.3. The number of aryl methyl sites for hydroxylation is 1. The number of carbonyl (C=O) groups excluding carboxylic acids is 3. The first-order chi connectivity index (χ1) is 17.9. The highest BCUT2D eigenvalue weighted by atomic mass is 16.5. The molecule has 4 rings (SSSR count). The summed E-state index contributed by atoms with van der Waals surface area (Å²) in [5.74, 6) is -0.579. The van der Waals surface area contributed by atoms with Gasteiger partial charge in [-0.3, -0.25) is 4.79 Å². The number of hydrogen-bond acceptors (Lipinski definition) is 8. The standard InChI is InChI=1S/C28H24N4O5/c1-17-29-23(18-8-5-4-6-9-18)16-25(30-17)31-21-11-7-10-19(14-21)26(33)32-24-15-20(27(34)36-2)12-13-22(24)28(35)37-3/h4-16H,1-3H3,(H,32,33)(H,29,30,31). The largest absolute Gasteiger partial charge is 0.465 e. The highest BCUT2D eigenvalue weighted by Crippen LogP contribution is 2.24. The average molecular weight is 497 g/mol. The van der Waals surface area contributed by atoms with E-state index in [2.05, 4.69) is 20.6 Å². The van der Waals surface area contributed by atoms with E-state index in [1.807, 2.05) is 43.3 Å². The zero-order chi connectivity index (χ0) is 26.4. The Morgan fingerprint density at radius 1 is 0.757 bits per heavy atom. The second-order valence-corrected chi connectivity index (χ2v) is 7.96. The Bertz CT molecular complexity index is 1470. The summed E-state index contributed by atoms with van der Waals surface area (Å²) in [6.07, 6.45) is 0. The molecule has 0 aliphatic carbocycles. The maximum absolute atomic E-state index is 13.1. The molecule has 0 fully saturated rings. The second-order valence-electron chi connectivity index (χ2n) is 7.96. The van der Waals surface area contributed by atoms with Crippen LogP contribution in [0.4, 0.5) is 17.2 Å². The molecule has 0 atom stereocenters. The fourth-order valence-electron chi connectivity index (χ4n) is 3.65. The van der Waals surface area contributed by atoms with Crippen molar-refractivity contribution >= 4 is 35.0 Å². The van der Waals surface area contributed by atoms with Crippen LogP contribution in [0.25, 0.3) is 11.3 Å². The lowest BCUT2D eigenvalue weighted by molar-refractivity contribution is 0.0587. The lowest BCUT2D eigenvalue weighted by Crippen LogP contribution is -2.16. The third-order valence-corrected chi connectivity index (χ3v) is 5.40. The van der Waals surface area contributed by atoms with E-state index >= 15 is 0 Å². The number of aromatic nitrogens is 2. The monoisotopic (exact) mass is 496 g/mol. The Morgan fingerprint density at radius 2 is 1.51 bits per heavy atom. The third-order valence-electron chi connectivity index (χ3n) is 5.40. The van der Waals surface area contributed by atoms with Gasteiger partial charge in [0.2, 0.25) is 0 Å². The van der Waals surface area contributed by atoms with Crippen LogP contribution in [0.2, 0.25) is 0 Å². The van der Waals surface area contributed by atoms with Crippen molar-refractivity contribution in [2.75, 3.05) is 24.9 Å². The van der Waals surface area contributed by atoms with Crippen molar-refractivity contribution in [3.05, 3.63) is 101 Å². The molecular formula is C28H24N4O5. The lowest BCUT2D eigenvalue weighted by Gasteiger charge is -2.13. The number of nitrogens with one attached hydrogen (secondary N) is 2. The molecule has 0 aliphatic rings. The van der Waals surface area contributed by atoms with Gasteiger partial charge in [0, 0.05) is 22.9 Å². The molecule has 1 amide bonds. The first kappa shape index (κ1) is 25.1. The lowest BCUT2D eigenvalue weighted by atomic mass is 10.1. The first-order valence-electron chi connectivity index (χ1n) is 11.3. The quantitative estimate of drug-likeness (QED) is 0.342. The summed E-state index contributed by atoms with van der Waals surface area (Å²) in [7, 11) is 2.48. The number of esters is 2. The van der Waals surface area contributed by atoms with Crippen molar-refractivity contribution < 1.29 is 23.9 Å². The molecule has 0 aliphatic heterocycles. The van der Waals surface area contributed by atoms with Gasteiger partial charge in [0.25, 0.3) is 5.91 Å². The van der Waals surface area contributed by atoms with Gasteiger partial charge in [0.1, 0.15) is 11.6 Å². The number of nitrogens with zero attached hydrogens (tertiary/aromatic N) is 2. The summed E-state index contributed by atoms with van der Waals surface area (Å²) >= 11 is 0. The molecule has 0 saturated heterocycles. The molecule has 0 spiro atoms. The third kappa shape index (κ3) is 5.96. The van der Waals surface area contributed by atoms with Crippen molar-refractivity contribution in [1.29, 1.82) is 0 Å². The Morgan fingerprint density at radius 3 is 2.24 bits per heavy atom. The van der Waals surface area contributed by atoms with Crippen LogP contribution in [0.15, 0.2) is 78.9 Å². The predicted octanol–water partition coefficient (Wildman–Crippen LogP) is 5.02. The van der Waals surface area contributed by atoms with Gasteiger partial charge < -0.3 is 20.1 Å². The number of carbonyl (C=O) groups is 3. The molecule has 0 saturated carbocycles. The Kier molecular flexibility index (Phi) is 7.53. The van der Waals surface area contributed by atoms with Gasteiger partial charge in [-0.25, -0.2) is 19.6 Å². The van der Waals surface area contributed by atoms with E-state index in [-0.39, 0.29) is 16.8 Å². The molecule has 9 heteroatoms. The van der Waals surface area contributed by atoms with Gasteiger partial charge >= 0.3 is 11.9 Å². The highest BCUT2D eigenvalue weighted by molar-refractivity contribution is 6.09. The van der Waals surface area contributed by atoms with E-state index in [0.29, 0.717) is 22.9 Å². The number of amides is 1. The van der Waals surface area contributed by atoms with Crippen molar-refractivity contribution in [2.45, 2.75) is 6.92 Å². The summed E-state index contributed by atoms with van der Waals surface area (Å²) < 4.78 is 9.54. The van der Waals surface area contributed by atoms with Crippen molar-refractivity contribution in [1.82, 2.24) is 9.97 Å². The van der Waals surface area contributed by atoms with E-state index in [9.17, 15) is 14.4 Å². The molecular weight excluding hydrogens is 472 g/mol. The second kappa shape index (κ2) is 11.1. The highest BCUT2D eigenvalue weighted by Gasteiger charge is 2.18. The molecule has 2 N–H and O–H groups in total. The van der Waals surface area contributed by atoms with Crippen LogP contribution >= 0.6 is 0 Å². The molecule has 186 valence electrons. The number of anilines is 3. The summed E-state index contributed by atoms with van der Waals surface area (Å²) in [6.45, 7) is 1.81. The van der Waals surface area contributed by atoms with Crippen LogP contribution < -0.4 is 10.6 Å². The van der Waals surface area contributed by atoms with Crippen molar-refractivity contribution in [3.63, 3.8) is 0 Å². The SMILES string of the molecule is COC(=O)c1ccc(C(=O)OC)c(NC(=O)c2cccc(Nc3cc(-c4ccccc4)nc(C)n3)c2)c1. The smallest absolute Gasteiger partial charge is 0.339 e. The fourth-order valence-corrected chi connectivity index (χ4v) is 3.65. The maximum atomic E-state index is 13.1. The molecule has 0 unspecified atom stereocenters. The minimum absolute atomic E-state index is 0.0997. The maximum Gasteiger partial charge on any atom is 0.339 e. The number of ether oxygens (including phenoxy) is 2. The molecule has 0 bridgehead atoms. The van der Waals surface area contributed by atoms with E-state index in [0.717, 1.165) is 11.3 Å². The molecule has 37 heavy (non-hydrogen) atoms. The fraction of sp³-hybridized carbons (Fsp3) is 0.107. The van der Waals surface area contributed by atoms with Crippen LogP contribution in [0.5, 0.6) is 0 Å². The van der Waals surface area contributed by atoms with Gasteiger partial charge in [-0.1, -0.05) is 36.4 Å². The molecule has 1 aromatic heterocycles. The average Bonchev–Trinajstić information content (AvgIpc) is 2.92. The van der Waals surface area contributed by atoms with Gasteiger partial charge in [-0.2, -0.15) is 0 Å². The topological polar surface area (TPSA) is 120 Å². The molecule has 1 heterocycles. The van der Waals surface area contributed by atoms with Crippen molar-refractivity contribution in [2.24, 2.45) is 0 Å². The Balaban J connectivity index is 1.59. The van der Waals surface area contributed by atoms with Crippen molar-refractivity contribution in [3.8, 4) is 11.3 Å². The number of benzene rings is 3. The number of hydrogen-bond donors (Lipinski definition) is 2. The molecule has 4 aromatic rings. The van der Waals surface area contributed by atoms with Gasteiger partial charge in [-0.15, -0.1) is 0 Å². The summed E-state index contributed by atoms with van der Waals surface area (Å²) in [6, 6.07) is 22.6. The van der Waals surface area contributed by atoms with Crippen LogP contribution in [-0.2, 0) is 9.47 Å². The van der Waals surface area contributed by atoms with E-state index in [4.69, 9.17) is 9.47 Å². The molecule has 0 radical (unpaired) electrons. The normalized spacial score (nSPS) is 10.4. The van der Waals surface area contributed by atoms with Crippen LogP contribution in [0.3, 0.4) is 0 Å². The Hall–Kier alpha value is -5.05. The number of rotatable bonds is 7. The molecule has 3 aromatic carbocycles. The van der Waals surface area contributed by atoms with Gasteiger partial charge in [0.15, 0.2) is 0 Å². The zero-order valence-electron chi connectivity index (χ0n) is 20.4. The van der Waals surface area contributed by atoms with Crippen LogP contribution in [0.1, 0.15) is 36.9 Å². The van der Waals surface area contributed by atoms with Crippen LogP contribution in [-0.4, -0.2) is 42.0 Å².